The summed E-state index contributed by atoms with van der Waals surface area (Å²) in [5, 5.41) is 31.9. The zero-order chi connectivity index (χ0) is 51.4. The van der Waals surface area contributed by atoms with Crippen LogP contribution in [0, 0.1) is 0 Å². The number of aliphatic hydroxyl groups excluding tert-OH is 3. The summed E-state index contributed by atoms with van der Waals surface area (Å²) in [6.07, 6.45) is 25.5. The monoisotopic (exact) mass is 1050 g/mol. The molecule has 0 aliphatic heterocycles. The number of phosphoric acid groups is 3. The van der Waals surface area contributed by atoms with Crippen molar-refractivity contribution in [2.75, 3.05) is 13.2 Å². The summed E-state index contributed by atoms with van der Waals surface area (Å²) in [5.74, 6) is -1.31. The van der Waals surface area contributed by atoms with Crippen molar-refractivity contribution in [1.82, 2.24) is 0 Å². The van der Waals surface area contributed by atoms with Gasteiger partial charge in [0.15, 0.2) is 6.10 Å². The molecule has 1 aliphatic carbocycles. The van der Waals surface area contributed by atoms with Gasteiger partial charge in [0.25, 0.3) is 0 Å². The van der Waals surface area contributed by atoms with E-state index in [2.05, 4.69) is 71.5 Å². The molecule has 0 aromatic heterocycles. The van der Waals surface area contributed by atoms with Crippen LogP contribution in [-0.2, 0) is 50.9 Å². The quantitative estimate of drug-likeness (QED) is 0.0122. The molecule has 0 aromatic rings. The molecule has 69 heavy (non-hydrogen) atoms. The van der Waals surface area contributed by atoms with E-state index in [-0.39, 0.29) is 12.8 Å². The number of carbonyl (C=O) groups is 2. The SMILES string of the molecule is CCC=CCC=CCC=CCC=CCCCCCCCCC(=O)OC[C@H](COP(=O)(O)O[C@H]1C(O)C(O)C(OP(=O)(O)O)[C@@H](OP(=O)(O)O)C1O)OC(=O)CCCCCCCCCCCCCCC. The maximum absolute atomic E-state index is 13.1. The fraction of sp³-hybridized carbons (Fsp3) is 0.787. The molecule has 8 N–H and O–H groups in total. The van der Waals surface area contributed by atoms with Gasteiger partial charge in [-0.2, -0.15) is 0 Å². The Morgan fingerprint density at radius 3 is 1.36 bits per heavy atom. The van der Waals surface area contributed by atoms with Gasteiger partial charge in [0.1, 0.15) is 43.2 Å². The first-order valence-corrected chi connectivity index (χ1v) is 29.5. The van der Waals surface area contributed by atoms with Gasteiger partial charge in [-0.05, 0) is 51.4 Å². The number of rotatable bonds is 42. The number of ether oxygens (including phenoxy) is 2. The average molecular weight is 1050 g/mol. The fourth-order valence-corrected chi connectivity index (χ4v) is 9.55. The second-order valence-corrected chi connectivity index (χ2v) is 21.2. The highest BCUT2D eigenvalue weighted by atomic mass is 31.2. The van der Waals surface area contributed by atoms with Crippen molar-refractivity contribution in [2.45, 2.75) is 224 Å². The van der Waals surface area contributed by atoms with E-state index < -0.39 is 91.3 Å². The van der Waals surface area contributed by atoms with Crippen molar-refractivity contribution < 1.29 is 90.6 Å². The Balaban J connectivity index is 2.69. The van der Waals surface area contributed by atoms with Gasteiger partial charge in [-0.3, -0.25) is 27.7 Å². The minimum absolute atomic E-state index is 0.00388. The number of unbranched alkanes of at least 4 members (excludes halogenated alkanes) is 18. The molecule has 1 aliphatic rings. The summed E-state index contributed by atoms with van der Waals surface area (Å²) in [7, 11) is -16.6. The molecule has 5 unspecified atom stereocenters. The van der Waals surface area contributed by atoms with Crippen molar-refractivity contribution in [2.24, 2.45) is 0 Å². The molecule has 0 heterocycles. The van der Waals surface area contributed by atoms with Gasteiger partial charge in [0.2, 0.25) is 0 Å². The van der Waals surface area contributed by atoms with Gasteiger partial charge in [-0.1, -0.05) is 165 Å². The van der Waals surface area contributed by atoms with Crippen LogP contribution in [0.1, 0.15) is 181 Å². The van der Waals surface area contributed by atoms with E-state index in [0.717, 1.165) is 96.3 Å². The van der Waals surface area contributed by atoms with Gasteiger partial charge in [-0.25, -0.2) is 13.7 Å². The van der Waals surface area contributed by atoms with E-state index >= 15 is 0 Å². The number of hydrogen-bond acceptors (Lipinski definition) is 14. The number of hydrogen-bond donors (Lipinski definition) is 8. The van der Waals surface area contributed by atoms with E-state index in [9.17, 15) is 63.1 Å². The zero-order valence-corrected chi connectivity index (χ0v) is 43.6. The van der Waals surface area contributed by atoms with Crippen molar-refractivity contribution in [1.29, 1.82) is 0 Å². The standard InChI is InChI=1S/C47H85O19P3/c1-3-5-7-9-11-13-15-17-18-19-20-21-22-24-25-27-29-31-33-35-40(48)61-37-39(63-41(49)36-34-32-30-28-26-23-16-14-12-10-8-6-4-2)38-62-69(59,60)66-45-42(50)43(51)46(64-67(53,54)55)47(44(45)52)65-68(56,57)58/h5,7,11,13,17-18,20-21,39,42-47,50-52H,3-4,6,8-10,12,14-16,19,22-38H2,1-2H3,(H,59,60)(H2,53,54,55)(H2,56,57,58)/t39-,42?,43?,44?,45+,46?,47+/m1/s1. The molecule has 19 nitrogen and oxygen atoms in total. The molecule has 0 saturated heterocycles. The minimum Gasteiger partial charge on any atom is -0.462 e. The highest BCUT2D eigenvalue weighted by Gasteiger charge is 2.56. The Hall–Kier alpha value is -1.89. The lowest BCUT2D eigenvalue weighted by atomic mass is 9.85. The zero-order valence-electron chi connectivity index (χ0n) is 40.9. The Morgan fingerprint density at radius 2 is 0.884 bits per heavy atom. The van der Waals surface area contributed by atoms with Crippen LogP contribution < -0.4 is 0 Å². The highest BCUT2D eigenvalue weighted by Crippen LogP contribution is 2.51. The van der Waals surface area contributed by atoms with Crippen molar-refractivity contribution in [3.63, 3.8) is 0 Å². The molecule has 402 valence electrons. The van der Waals surface area contributed by atoms with Crippen LogP contribution in [0.15, 0.2) is 48.6 Å². The van der Waals surface area contributed by atoms with Crippen LogP contribution in [0.3, 0.4) is 0 Å². The molecule has 22 heteroatoms. The van der Waals surface area contributed by atoms with Gasteiger partial charge < -0.3 is 49.3 Å². The highest BCUT2D eigenvalue weighted by molar-refractivity contribution is 7.47. The predicted molar refractivity (Wildman–Crippen MR) is 261 cm³/mol. The Kier molecular flexibility index (Phi) is 36.5. The van der Waals surface area contributed by atoms with Crippen LogP contribution in [0.4, 0.5) is 0 Å². The van der Waals surface area contributed by atoms with Crippen LogP contribution in [0.2, 0.25) is 0 Å². The fourth-order valence-electron chi connectivity index (χ4n) is 7.46. The molecule has 1 rings (SSSR count). The number of aliphatic hydroxyl groups is 3. The molecule has 0 bridgehead atoms. The first kappa shape index (κ1) is 65.1. The lowest BCUT2D eigenvalue weighted by molar-refractivity contribution is -0.213. The van der Waals surface area contributed by atoms with Crippen molar-refractivity contribution >= 4 is 35.4 Å². The number of esters is 2. The second-order valence-electron chi connectivity index (χ2n) is 17.4. The molecule has 0 radical (unpaired) electrons. The molecule has 0 aromatic carbocycles. The molecule has 1 saturated carbocycles. The van der Waals surface area contributed by atoms with E-state index in [1.807, 2.05) is 0 Å². The maximum Gasteiger partial charge on any atom is 0.472 e. The van der Waals surface area contributed by atoms with E-state index in [4.69, 9.17) is 18.5 Å². The summed E-state index contributed by atoms with van der Waals surface area (Å²) in [6, 6.07) is 0. The molecular weight excluding hydrogens is 961 g/mol. The number of carbonyl (C=O) groups excluding carboxylic acids is 2. The first-order chi connectivity index (χ1) is 32.8. The smallest absolute Gasteiger partial charge is 0.462 e. The Bertz CT molecular complexity index is 1630. The summed E-state index contributed by atoms with van der Waals surface area (Å²) < 4.78 is 65.5. The second kappa shape index (κ2) is 38.7. The summed E-state index contributed by atoms with van der Waals surface area (Å²) in [5.41, 5.74) is 0. The summed E-state index contributed by atoms with van der Waals surface area (Å²) >= 11 is 0. The largest absolute Gasteiger partial charge is 0.472 e. The predicted octanol–water partition coefficient (Wildman–Crippen LogP) is 9.40. The molecular formula is C47H85O19P3. The normalized spacial score (nSPS) is 21.7. The van der Waals surface area contributed by atoms with E-state index in [1.165, 1.54) is 44.9 Å². The van der Waals surface area contributed by atoms with Gasteiger partial charge in [0, 0.05) is 12.8 Å². The summed E-state index contributed by atoms with van der Waals surface area (Å²) in [4.78, 5) is 73.3. The Morgan fingerprint density at radius 1 is 0.478 bits per heavy atom. The van der Waals surface area contributed by atoms with Gasteiger partial charge >= 0.3 is 35.4 Å². The van der Waals surface area contributed by atoms with E-state index in [0.29, 0.717) is 12.8 Å². The minimum atomic E-state index is -5.60. The van der Waals surface area contributed by atoms with Crippen molar-refractivity contribution in [3.8, 4) is 0 Å². The third-order valence-corrected chi connectivity index (χ3v) is 13.2. The van der Waals surface area contributed by atoms with Crippen LogP contribution >= 0.6 is 23.5 Å². The topological polar surface area (TPSA) is 303 Å². The lowest BCUT2D eigenvalue weighted by Gasteiger charge is -2.44. The first-order valence-electron chi connectivity index (χ1n) is 24.9. The Labute approximate surface area is 410 Å². The molecule has 1 fully saturated rings. The van der Waals surface area contributed by atoms with Gasteiger partial charge in [0.05, 0.1) is 6.61 Å². The number of allylic oxidation sites excluding steroid dienone is 8. The third-order valence-electron chi connectivity index (χ3n) is 11.2. The molecule has 0 amide bonds. The third kappa shape index (κ3) is 35.0. The lowest BCUT2D eigenvalue weighted by Crippen LogP contribution is -2.65. The maximum atomic E-state index is 13.1. The summed E-state index contributed by atoms with van der Waals surface area (Å²) in [6.45, 7) is 2.83. The van der Waals surface area contributed by atoms with Crippen LogP contribution in [-0.4, -0.2) is 108 Å². The van der Waals surface area contributed by atoms with Crippen LogP contribution in [0.5, 0.6) is 0 Å². The van der Waals surface area contributed by atoms with Crippen molar-refractivity contribution in [3.05, 3.63) is 48.6 Å². The average Bonchev–Trinajstić information content (AvgIpc) is 3.28. The number of phosphoric ester groups is 3. The molecule has 8 atom stereocenters. The van der Waals surface area contributed by atoms with Gasteiger partial charge in [-0.15, -0.1) is 0 Å². The molecule has 0 spiro atoms. The van der Waals surface area contributed by atoms with Crippen LogP contribution in [0.25, 0.3) is 0 Å². The van der Waals surface area contributed by atoms with E-state index in [1.54, 1.807) is 0 Å².